The molecule has 0 bridgehead atoms. The number of benzene rings is 1. The molecular formula is C15H18Cl3N3O. The summed E-state index contributed by atoms with van der Waals surface area (Å²) in [4.78, 5) is 4.46. The van der Waals surface area contributed by atoms with E-state index in [1.54, 1.807) is 6.07 Å². The van der Waals surface area contributed by atoms with Crippen LogP contribution in [0.3, 0.4) is 0 Å². The minimum absolute atomic E-state index is 0. The minimum atomic E-state index is -0.397. The molecule has 1 saturated carbocycles. The zero-order chi connectivity index (χ0) is 14.9. The van der Waals surface area contributed by atoms with Gasteiger partial charge in [-0.2, -0.15) is 4.98 Å². The van der Waals surface area contributed by atoms with E-state index < -0.39 is 5.54 Å². The Morgan fingerprint density at radius 3 is 2.55 bits per heavy atom. The lowest BCUT2D eigenvalue weighted by molar-refractivity contribution is 0.348. The van der Waals surface area contributed by atoms with Gasteiger partial charge in [0, 0.05) is 6.42 Å². The van der Waals surface area contributed by atoms with Crippen LogP contribution >= 0.6 is 35.6 Å². The zero-order valence-corrected chi connectivity index (χ0v) is 14.3. The maximum absolute atomic E-state index is 6.32. The summed E-state index contributed by atoms with van der Waals surface area (Å²) in [7, 11) is 0. The van der Waals surface area contributed by atoms with Crippen LogP contribution in [-0.2, 0) is 18.4 Å². The third kappa shape index (κ3) is 3.74. The van der Waals surface area contributed by atoms with Gasteiger partial charge in [0.05, 0.1) is 15.6 Å². The van der Waals surface area contributed by atoms with Crippen LogP contribution < -0.4 is 5.73 Å². The first-order valence-electron chi connectivity index (χ1n) is 7.13. The fourth-order valence-electron chi connectivity index (χ4n) is 2.73. The summed E-state index contributed by atoms with van der Waals surface area (Å²) in [6, 6.07) is 5.61. The summed E-state index contributed by atoms with van der Waals surface area (Å²) >= 11 is 11.9. The predicted octanol–water partition coefficient (Wildman–Crippen LogP) is 4.31. The first-order valence-corrected chi connectivity index (χ1v) is 7.88. The number of aryl methyl sites for hydroxylation is 2. The maximum Gasteiger partial charge on any atom is 0.227 e. The molecule has 2 aromatic rings. The molecule has 7 heteroatoms. The molecule has 1 aromatic carbocycles. The highest BCUT2D eigenvalue weighted by Crippen LogP contribution is 2.34. The summed E-state index contributed by atoms with van der Waals surface area (Å²) in [5.74, 6) is 1.26. The van der Waals surface area contributed by atoms with Gasteiger partial charge in [-0.1, -0.05) is 47.3 Å². The topological polar surface area (TPSA) is 64.9 Å². The molecule has 0 spiro atoms. The lowest BCUT2D eigenvalue weighted by Gasteiger charge is -2.17. The molecule has 0 unspecified atom stereocenters. The lowest BCUT2D eigenvalue weighted by Crippen LogP contribution is -2.34. The van der Waals surface area contributed by atoms with Crippen LogP contribution in [0.1, 0.15) is 43.0 Å². The largest absolute Gasteiger partial charge is 0.339 e. The molecule has 3 rings (SSSR count). The predicted molar refractivity (Wildman–Crippen MR) is 89.7 cm³/mol. The molecule has 1 fully saturated rings. The third-order valence-electron chi connectivity index (χ3n) is 4.02. The summed E-state index contributed by atoms with van der Waals surface area (Å²) in [6.45, 7) is 0. The van der Waals surface area contributed by atoms with E-state index in [4.69, 9.17) is 33.5 Å². The van der Waals surface area contributed by atoms with Crippen LogP contribution in [0.2, 0.25) is 10.0 Å². The zero-order valence-electron chi connectivity index (χ0n) is 12.0. The molecule has 0 radical (unpaired) electrons. The van der Waals surface area contributed by atoms with Gasteiger partial charge >= 0.3 is 0 Å². The second kappa shape index (κ2) is 7.18. The smallest absolute Gasteiger partial charge is 0.227 e. The highest BCUT2D eigenvalue weighted by Gasteiger charge is 2.35. The van der Waals surface area contributed by atoms with Crippen LogP contribution in [0, 0.1) is 0 Å². The van der Waals surface area contributed by atoms with Crippen LogP contribution in [0.4, 0.5) is 0 Å². The summed E-state index contributed by atoms with van der Waals surface area (Å²) in [5, 5.41) is 5.18. The van der Waals surface area contributed by atoms with Gasteiger partial charge in [0.15, 0.2) is 5.82 Å². The van der Waals surface area contributed by atoms with Crippen LogP contribution in [0.5, 0.6) is 0 Å². The molecule has 2 N–H and O–H groups in total. The van der Waals surface area contributed by atoms with Crippen molar-refractivity contribution in [3.63, 3.8) is 0 Å². The summed E-state index contributed by atoms with van der Waals surface area (Å²) in [6.07, 6.45) is 5.56. The first-order chi connectivity index (χ1) is 10.1. The SMILES string of the molecule is Cl.NC1(c2noc(CCc3ccc(Cl)c(Cl)c3)n2)CCCC1. The van der Waals surface area contributed by atoms with E-state index in [1.807, 2.05) is 12.1 Å². The Bertz CT molecular complexity index is 639. The Morgan fingerprint density at radius 1 is 1.14 bits per heavy atom. The molecule has 1 heterocycles. The van der Waals surface area contributed by atoms with E-state index >= 15 is 0 Å². The van der Waals surface area contributed by atoms with Crippen LogP contribution in [-0.4, -0.2) is 10.1 Å². The Hall–Kier alpha value is -0.810. The summed E-state index contributed by atoms with van der Waals surface area (Å²) in [5.41, 5.74) is 7.01. The van der Waals surface area contributed by atoms with Gasteiger partial charge in [-0.05, 0) is 37.0 Å². The van der Waals surface area contributed by atoms with Crippen LogP contribution in [0.15, 0.2) is 22.7 Å². The second-order valence-electron chi connectivity index (χ2n) is 5.62. The molecule has 0 saturated heterocycles. The van der Waals surface area contributed by atoms with E-state index in [1.165, 1.54) is 0 Å². The number of rotatable bonds is 4. The molecule has 1 aromatic heterocycles. The van der Waals surface area contributed by atoms with E-state index in [0.717, 1.165) is 37.7 Å². The number of halogens is 3. The van der Waals surface area contributed by atoms with E-state index in [-0.39, 0.29) is 12.4 Å². The molecule has 0 amide bonds. The fraction of sp³-hybridized carbons (Fsp3) is 0.467. The molecule has 1 aliphatic rings. The lowest BCUT2D eigenvalue weighted by atomic mass is 9.99. The standard InChI is InChI=1S/C15H17Cl2N3O.ClH/c16-11-5-3-10(9-12(11)17)4-6-13-19-14(20-21-13)15(18)7-1-2-8-15;/h3,5,9H,1-2,4,6-8,18H2;1H. The van der Waals surface area contributed by atoms with Crippen molar-refractivity contribution >= 4 is 35.6 Å². The van der Waals surface area contributed by atoms with Gasteiger partial charge in [-0.15, -0.1) is 12.4 Å². The van der Waals surface area contributed by atoms with Crippen molar-refractivity contribution in [2.24, 2.45) is 5.73 Å². The molecule has 4 nitrogen and oxygen atoms in total. The van der Waals surface area contributed by atoms with Crippen molar-refractivity contribution in [3.8, 4) is 0 Å². The highest BCUT2D eigenvalue weighted by molar-refractivity contribution is 6.42. The van der Waals surface area contributed by atoms with Crippen molar-refractivity contribution in [1.29, 1.82) is 0 Å². The third-order valence-corrected chi connectivity index (χ3v) is 4.76. The van der Waals surface area contributed by atoms with E-state index in [0.29, 0.717) is 28.2 Å². The fourth-order valence-corrected chi connectivity index (χ4v) is 3.06. The van der Waals surface area contributed by atoms with Gasteiger partial charge in [-0.25, -0.2) is 0 Å². The van der Waals surface area contributed by atoms with Crippen molar-refractivity contribution in [2.45, 2.75) is 44.1 Å². The quantitative estimate of drug-likeness (QED) is 0.880. The normalized spacial score (nSPS) is 16.5. The first kappa shape index (κ1) is 17.5. The van der Waals surface area contributed by atoms with Crippen molar-refractivity contribution < 1.29 is 4.52 Å². The average Bonchev–Trinajstić information content (AvgIpc) is 3.10. The van der Waals surface area contributed by atoms with Gasteiger partial charge in [0.2, 0.25) is 5.89 Å². The monoisotopic (exact) mass is 361 g/mol. The number of hydrogen-bond donors (Lipinski definition) is 1. The Balaban J connectivity index is 0.00000176. The number of aromatic nitrogens is 2. The number of nitrogens with zero attached hydrogens (tertiary/aromatic N) is 2. The Morgan fingerprint density at radius 2 is 1.86 bits per heavy atom. The molecule has 0 aliphatic heterocycles. The number of nitrogens with two attached hydrogens (primary N) is 1. The Labute approximate surface area is 145 Å². The average molecular weight is 363 g/mol. The number of hydrogen-bond acceptors (Lipinski definition) is 4. The van der Waals surface area contributed by atoms with Gasteiger partial charge in [-0.3, -0.25) is 0 Å². The molecular weight excluding hydrogens is 345 g/mol. The van der Waals surface area contributed by atoms with Crippen molar-refractivity contribution in [3.05, 3.63) is 45.5 Å². The van der Waals surface area contributed by atoms with Gasteiger partial charge in [0.1, 0.15) is 0 Å². The van der Waals surface area contributed by atoms with Crippen LogP contribution in [0.25, 0.3) is 0 Å². The van der Waals surface area contributed by atoms with E-state index in [2.05, 4.69) is 10.1 Å². The molecule has 1 aliphatic carbocycles. The maximum atomic E-state index is 6.32. The molecule has 0 atom stereocenters. The molecule has 120 valence electrons. The van der Waals surface area contributed by atoms with Crippen molar-refractivity contribution in [1.82, 2.24) is 10.1 Å². The second-order valence-corrected chi connectivity index (χ2v) is 6.44. The molecule has 22 heavy (non-hydrogen) atoms. The van der Waals surface area contributed by atoms with Gasteiger partial charge < -0.3 is 10.3 Å². The minimum Gasteiger partial charge on any atom is -0.339 e. The Kier molecular flexibility index (Phi) is 5.72. The van der Waals surface area contributed by atoms with Crippen molar-refractivity contribution in [2.75, 3.05) is 0 Å². The summed E-state index contributed by atoms with van der Waals surface area (Å²) < 4.78 is 5.32. The van der Waals surface area contributed by atoms with Gasteiger partial charge in [0.25, 0.3) is 0 Å². The van der Waals surface area contributed by atoms with E-state index in [9.17, 15) is 0 Å². The highest BCUT2D eigenvalue weighted by atomic mass is 35.5.